The van der Waals surface area contributed by atoms with E-state index in [9.17, 15) is 4.79 Å². The zero-order valence-corrected chi connectivity index (χ0v) is 12.5. The Bertz CT molecular complexity index is 481. The van der Waals surface area contributed by atoms with Crippen LogP contribution in [0.25, 0.3) is 0 Å². The standard InChI is InChI=1S/C15H19BrN2O/c16-13-4-1-3-12(7-13)15(5-2-6-15)10-18-14(19)11-8-17-9-11/h1,3-4,7,11,17H,2,5-6,8-10H2,(H,18,19). The van der Waals surface area contributed by atoms with Crippen molar-refractivity contribution in [1.29, 1.82) is 0 Å². The monoisotopic (exact) mass is 322 g/mol. The first kappa shape index (κ1) is 13.1. The topological polar surface area (TPSA) is 41.1 Å². The van der Waals surface area contributed by atoms with Gasteiger partial charge in [0.05, 0.1) is 5.92 Å². The van der Waals surface area contributed by atoms with Crippen LogP contribution in [0.1, 0.15) is 24.8 Å². The molecule has 1 aromatic carbocycles. The second-order valence-corrected chi connectivity index (χ2v) is 6.63. The smallest absolute Gasteiger partial charge is 0.225 e. The summed E-state index contributed by atoms with van der Waals surface area (Å²) in [6, 6.07) is 8.50. The Balaban J connectivity index is 1.67. The van der Waals surface area contributed by atoms with Crippen LogP contribution in [0, 0.1) is 5.92 Å². The number of carbonyl (C=O) groups is 1. The van der Waals surface area contributed by atoms with E-state index < -0.39 is 0 Å². The Morgan fingerprint density at radius 2 is 2.21 bits per heavy atom. The summed E-state index contributed by atoms with van der Waals surface area (Å²) in [6.45, 7) is 2.43. The molecule has 0 bridgehead atoms. The van der Waals surface area contributed by atoms with E-state index in [4.69, 9.17) is 0 Å². The van der Waals surface area contributed by atoms with Crippen molar-refractivity contribution in [3.05, 3.63) is 34.3 Å². The van der Waals surface area contributed by atoms with Gasteiger partial charge < -0.3 is 10.6 Å². The number of rotatable bonds is 4. The van der Waals surface area contributed by atoms with Gasteiger partial charge in [-0.25, -0.2) is 0 Å². The fourth-order valence-corrected chi connectivity index (χ4v) is 3.26. The van der Waals surface area contributed by atoms with E-state index in [1.165, 1.54) is 24.8 Å². The molecule has 2 aliphatic rings. The van der Waals surface area contributed by atoms with Gasteiger partial charge in [-0.15, -0.1) is 0 Å². The molecule has 1 amide bonds. The molecule has 1 aliphatic carbocycles. The molecule has 0 unspecified atom stereocenters. The van der Waals surface area contributed by atoms with Gasteiger partial charge in [-0.1, -0.05) is 34.5 Å². The minimum absolute atomic E-state index is 0.163. The molecule has 1 aromatic rings. The van der Waals surface area contributed by atoms with Gasteiger partial charge in [-0.05, 0) is 30.5 Å². The predicted molar refractivity (Wildman–Crippen MR) is 79.0 cm³/mol. The molecule has 0 atom stereocenters. The lowest BCUT2D eigenvalue weighted by atomic mass is 9.64. The summed E-state index contributed by atoms with van der Waals surface area (Å²) >= 11 is 3.54. The normalized spacial score (nSPS) is 21.3. The summed E-state index contributed by atoms with van der Waals surface area (Å²) < 4.78 is 1.12. The molecule has 3 nitrogen and oxygen atoms in total. The van der Waals surface area contributed by atoms with Gasteiger partial charge in [0.2, 0.25) is 5.91 Å². The Labute approximate surface area is 122 Å². The highest BCUT2D eigenvalue weighted by Gasteiger charge is 2.39. The van der Waals surface area contributed by atoms with Gasteiger partial charge in [-0.2, -0.15) is 0 Å². The maximum Gasteiger partial charge on any atom is 0.225 e. The summed E-state index contributed by atoms with van der Waals surface area (Å²) in [5.74, 6) is 0.389. The molecule has 0 radical (unpaired) electrons. The van der Waals surface area contributed by atoms with Crippen molar-refractivity contribution in [2.24, 2.45) is 5.92 Å². The van der Waals surface area contributed by atoms with Gasteiger partial charge in [0, 0.05) is 29.5 Å². The maximum absolute atomic E-state index is 11.9. The van der Waals surface area contributed by atoms with E-state index >= 15 is 0 Å². The first-order chi connectivity index (χ1) is 9.20. The van der Waals surface area contributed by atoms with Crippen LogP contribution in [0.4, 0.5) is 0 Å². The lowest BCUT2D eigenvalue weighted by Crippen LogP contribution is -2.54. The number of hydrogen-bond donors (Lipinski definition) is 2. The largest absolute Gasteiger partial charge is 0.355 e. The van der Waals surface area contributed by atoms with E-state index in [0.29, 0.717) is 0 Å². The van der Waals surface area contributed by atoms with Crippen molar-refractivity contribution in [3.8, 4) is 0 Å². The van der Waals surface area contributed by atoms with Crippen molar-refractivity contribution < 1.29 is 4.79 Å². The molecule has 1 saturated carbocycles. The van der Waals surface area contributed by atoms with Gasteiger partial charge >= 0.3 is 0 Å². The Hall–Kier alpha value is -0.870. The zero-order valence-electron chi connectivity index (χ0n) is 10.9. The highest BCUT2D eigenvalue weighted by atomic mass is 79.9. The summed E-state index contributed by atoms with van der Waals surface area (Å²) in [4.78, 5) is 11.9. The van der Waals surface area contributed by atoms with Crippen LogP contribution in [0.2, 0.25) is 0 Å². The van der Waals surface area contributed by atoms with Crippen LogP contribution in [-0.2, 0) is 10.2 Å². The number of nitrogens with one attached hydrogen (secondary N) is 2. The van der Waals surface area contributed by atoms with E-state index in [0.717, 1.165) is 24.1 Å². The van der Waals surface area contributed by atoms with Crippen LogP contribution in [0.5, 0.6) is 0 Å². The minimum atomic E-state index is 0.163. The van der Waals surface area contributed by atoms with E-state index in [1.807, 2.05) is 0 Å². The molecular formula is C15H19BrN2O. The van der Waals surface area contributed by atoms with E-state index in [2.05, 4.69) is 50.8 Å². The third-order valence-electron chi connectivity index (χ3n) is 4.50. The molecule has 1 heterocycles. The predicted octanol–water partition coefficient (Wildman–Crippen LogP) is 2.21. The molecule has 4 heteroatoms. The lowest BCUT2D eigenvalue weighted by Gasteiger charge is -2.43. The average molecular weight is 323 g/mol. The van der Waals surface area contributed by atoms with Gasteiger partial charge in [0.15, 0.2) is 0 Å². The lowest BCUT2D eigenvalue weighted by molar-refractivity contribution is -0.126. The molecule has 3 rings (SSSR count). The quantitative estimate of drug-likeness (QED) is 0.892. The summed E-state index contributed by atoms with van der Waals surface area (Å²) in [7, 11) is 0. The summed E-state index contributed by atoms with van der Waals surface area (Å²) in [5.41, 5.74) is 1.51. The minimum Gasteiger partial charge on any atom is -0.355 e. The van der Waals surface area contributed by atoms with Crippen LogP contribution < -0.4 is 10.6 Å². The molecule has 2 N–H and O–H groups in total. The number of benzene rings is 1. The highest BCUT2D eigenvalue weighted by Crippen LogP contribution is 2.43. The molecule has 0 spiro atoms. The van der Waals surface area contributed by atoms with Crippen molar-refractivity contribution in [1.82, 2.24) is 10.6 Å². The number of amides is 1. The highest BCUT2D eigenvalue weighted by molar-refractivity contribution is 9.10. The van der Waals surface area contributed by atoms with Crippen molar-refractivity contribution in [2.75, 3.05) is 19.6 Å². The SMILES string of the molecule is O=C(NCC1(c2cccc(Br)c2)CCC1)C1CNC1. The second kappa shape index (κ2) is 5.25. The summed E-state index contributed by atoms with van der Waals surface area (Å²) in [6.07, 6.45) is 3.60. The fourth-order valence-electron chi connectivity index (χ4n) is 2.86. The first-order valence-corrected chi connectivity index (χ1v) is 7.73. The fraction of sp³-hybridized carbons (Fsp3) is 0.533. The Morgan fingerprint density at radius 3 is 2.74 bits per heavy atom. The molecule has 1 aliphatic heterocycles. The van der Waals surface area contributed by atoms with Crippen LogP contribution in [0.3, 0.4) is 0 Å². The van der Waals surface area contributed by atoms with Gasteiger partial charge in [0.1, 0.15) is 0 Å². The first-order valence-electron chi connectivity index (χ1n) is 6.94. The molecular weight excluding hydrogens is 304 g/mol. The molecule has 2 fully saturated rings. The Morgan fingerprint density at radius 1 is 1.42 bits per heavy atom. The molecule has 102 valence electrons. The third-order valence-corrected chi connectivity index (χ3v) is 4.99. The molecule has 0 aromatic heterocycles. The van der Waals surface area contributed by atoms with Crippen LogP contribution >= 0.6 is 15.9 Å². The number of hydrogen-bond acceptors (Lipinski definition) is 2. The Kier molecular flexibility index (Phi) is 3.63. The van der Waals surface area contributed by atoms with Crippen molar-refractivity contribution >= 4 is 21.8 Å². The van der Waals surface area contributed by atoms with Gasteiger partial charge in [0.25, 0.3) is 0 Å². The number of halogens is 1. The van der Waals surface area contributed by atoms with E-state index in [1.54, 1.807) is 0 Å². The average Bonchev–Trinajstić information content (AvgIpc) is 2.25. The van der Waals surface area contributed by atoms with Crippen molar-refractivity contribution in [2.45, 2.75) is 24.7 Å². The zero-order chi connectivity index (χ0) is 13.3. The van der Waals surface area contributed by atoms with E-state index in [-0.39, 0.29) is 17.2 Å². The molecule has 19 heavy (non-hydrogen) atoms. The number of carbonyl (C=O) groups excluding carboxylic acids is 1. The van der Waals surface area contributed by atoms with Gasteiger partial charge in [-0.3, -0.25) is 4.79 Å². The van der Waals surface area contributed by atoms with Crippen molar-refractivity contribution in [3.63, 3.8) is 0 Å². The second-order valence-electron chi connectivity index (χ2n) is 5.72. The van der Waals surface area contributed by atoms with Crippen LogP contribution in [0.15, 0.2) is 28.7 Å². The molecule has 1 saturated heterocycles. The van der Waals surface area contributed by atoms with Crippen LogP contribution in [-0.4, -0.2) is 25.5 Å². The maximum atomic E-state index is 11.9. The summed E-state index contributed by atoms with van der Waals surface area (Å²) in [5, 5.41) is 6.29. The third kappa shape index (κ3) is 2.56.